The van der Waals surface area contributed by atoms with Crippen LogP contribution in [-0.4, -0.2) is 16.3 Å². The molecular weight excluding hydrogens is 288 g/mol. The summed E-state index contributed by atoms with van der Waals surface area (Å²) in [5, 5.41) is 7.44. The summed E-state index contributed by atoms with van der Waals surface area (Å²) in [7, 11) is 0. The van der Waals surface area contributed by atoms with Gasteiger partial charge in [0.15, 0.2) is 0 Å². The molecule has 0 radical (unpaired) electrons. The Morgan fingerprint density at radius 2 is 2.05 bits per heavy atom. The Morgan fingerprint density at radius 1 is 1.33 bits per heavy atom. The van der Waals surface area contributed by atoms with Gasteiger partial charge in [-0.25, -0.2) is 4.68 Å². The summed E-state index contributed by atoms with van der Waals surface area (Å²) >= 11 is 6.08. The Bertz CT molecular complexity index is 652. The SMILES string of the molecule is CCCn1ncc(NCCc2ccc(N)cc2)c(Cl)c1=O. The van der Waals surface area contributed by atoms with E-state index in [9.17, 15) is 4.79 Å². The highest BCUT2D eigenvalue weighted by Crippen LogP contribution is 2.15. The predicted molar refractivity (Wildman–Crippen MR) is 86.8 cm³/mol. The molecule has 1 heterocycles. The van der Waals surface area contributed by atoms with E-state index in [1.54, 1.807) is 6.20 Å². The number of halogens is 1. The average molecular weight is 307 g/mol. The maximum atomic E-state index is 12.0. The largest absolute Gasteiger partial charge is 0.399 e. The van der Waals surface area contributed by atoms with Crippen molar-refractivity contribution in [2.45, 2.75) is 26.3 Å². The summed E-state index contributed by atoms with van der Waals surface area (Å²) in [4.78, 5) is 12.0. The topological polar surface area (TPSA) is 72.9 Å². The number of hydrogen-bond donors (Lipinski definition) is 2. The molecule has 0 atom stereocenters. The third-order valence-corrected chi connectivity index (χ3v) is 3.49. The summed E-state index contributed by atoms with van der Waals surface area (Å²) < 4.78 is 1.38. The van der Waals surface area contributed by atoms with Crippen LogP contribution in [0.2, 0.25) is 5.02 Å². The Kier molecular flexibility index (Phi) is 5.22. The van der Waals surface area contributed by atoms with Gasteiger partial charge in [-0.3, -0.25) is 4.79 Å². The molecule has 0 amide bonds. The van der Waals surface area contributed by atoms with Gasteiger partial charge in [-0.2, -0.15) is 5.10 Å². The molecule has 0 bridgehead atoms. The van der Waals surface area contributed by atoms with Crippen LogP contribution in [0.15, 0.2) is 35.3 Å². The van der Waals surface area contributed by atoms with Gasteiger partial charge < -0.3 is 11.1 Å². The fourth-order valence-electron chi connectivity index (χ4n) is 1.99. The van der Waals surface area contributed by atoms with E-state index in [0.29, 0.717) is 18.8 Å². The number of anilines is 2. The fourth-order valence-corrected chi connectivity index (χ4v) is 2.20. The second kappa shape index (κ2) is 7.13. The number of nitrogens with zero attached hydrogens (tertiary/aromatic N) is 2. The van der Waals surface area contributed by atoms with E-state index in [2.05, 4.69) is 10.4 Å². The van der Waals surface area contributed by atoms with E-state index >= 15 is 0 Å². The van der Waals surface area contributed by atoms with Crippen molar-refractivity contribution < 1.29 is 0 Å². The van der Waals surface area contributed by atoms with Crippen molar-refractivity contribution in [3.63, 3.8) is 0 Å². The first-order valence-electron chi connectivity index (χ1n) is 6.95. The van der Waals surface area contributed by atoms with Crippen molar-refractivity contribution >= 4 is 23.0 Å². The highest BCUT2D eigenvalue weighted by molar-refractivity contribution is 6.32. The van der Waals surface area contributed by atoms with Crippen molar-refractivity contribution in [2.75, 3.05) is 17.6 Å². The smallest absolute Gasteiger partial charge is 0.287 e. The maximum Gasteiger partial charge on any atom is 0.287 e. The Labute approximate surface area is 128 Å². The number of nitrogens with two attached hydrogens (primary N) is 1. The fraction of sp³-hybridized carbons (Fsp3) is 0.333. The van der Waals surface area contributed by atoms with E-state index in [-0.39, 0.29) is 10.6 Å². The van der Waals surface area contributed by atoms with Crippen molar-refractivity contribution in [1.82, 2.24) is 9.78 Å². The monoisotopic (exact) mass is 306 g/mol. The first-order chi connectivity index (χ1) is 10.1. The van der Waals surface area contributed by atoms with Crippen molar-refractivity contribution in [2.24, 2.45) is 0 Å². The second-order valence-electron chi connectivity index (χ2n) is 4.82. The van der Waals surface area contributed by atoms with Gasteiger partial charge in [0.1, 0.15) is 5.02 Å². The number of hydrogen-bond acceptors (Lipinski definition) is 4. The molecule has 0 spiro atoms. The third-order valence-electron chi connectivity index (χ3n) is 3.13. The number of aryl methyl sites for hydroxylation is 1. The second-order valence-corrected chi connectivity index (χ2v) is 5.20. The van der Waals surface area contributed by atoms with Gasteiger partial charge in [0.05, 0.1) is 11.9 Å². The van der Waals surface area contributed by atoms with Crippen LogP contribution in [0.3, 0.4) is 0 Å². The highest BCUT2D eigenvalue weighted by Gasteiger charge is 2.08. The molecule has 0 saturated carbocycles. The van der Waals surface area contributed by atoms with Gasteiger partial charge in [-0.1, -0.05) is 30.7 Å². The Morgan fingerprint density at radius 3 is 2.71 bits per heavy atom. The van der Waals surface area contributed by atoms with Gasteiger partial charge in [-0.15, -0.1) is 0 Å². The van der Waals surface area contributed by atoms with Crippen molar-refractivity contribution in [3.8, 4) is 0 Å². The van der Waals surface area contributed by atoms with Crippen LogP contribution in [0.4, 0.5) is 11.4 Å². The molecule has 0 aliphatic rings. The van der Waals surface area contributed by atoms with Gasteiger partial charge >= 0.3 is 0 Å². The predicted octanol–water partition coefficient (Wildman–Crippen LogP) is 2.54. The van der Waals surface area contributed by atoms with Gasteiger partial charge in [0, 0.05) is 18.8 Å². The number of nitrogens with one attached hydrogen (secondary N) is 1. The summed E-state index contributed by atoms with van der Waals surface area (Å²) in [6, 6.07) is 7.71. The van der Waals surface area contributed by atoms with Crippen molar-refractivity contribution in [1.29, 1.82) is 0 Å². The molecule has 3 N–H and O–H groups in total. The molecule has 21 heavy (non-hydrogen) atoms. The molecular formula is C15H19ClN4O. The average Bonchev–Trinajstić information content (AvgIpc) is 2.48. The molecule has 1 aromatic heterocycles. The maximum absolute atomic E-state index is 12.0. The summed E-state index contributed by atoms with van der Waals surface area (Å²) in [6.45, 7) is 3.23. The molecule has 2 rings (SSSR count). The summed E-state index contributed by atoms with van der Waals surface area (Å²) in [5.41, 5.74) is 7.88. The van der Waals surface area contributed by atoms with E-state index in [1.165, 1.54) is 10.2 Å². The standard InChI is InChI=1S/C15H19ClN4O/c1-2-9-20-15(21)14(16)13(10-19-20)18-8-7-11-3-5-12(17)6-4-11/h3-6,10,18H,2,7-9,17H2,1H3. The third kappa shape index (κ3) is 3.98. The molecule has 5 nitrogen and oxygen atoms in total. The Hall–Kier alpha value is -2.01. The molecule has 0 aliphatic carbocycles. The van der Waals surface area contributed by atoms with E-state index in [0.717, 1.165) is 18.5 Å². The molecule has 0 fully saturated rings. The van der Waals surface area contributed by atoms with Crippen molar-refractivity contribution in [3.05, 3.63) is 51.4 Å². The summed E-state index contributed by atoms with van der Waals surface area (Å²) in [5.74, 6) is 0. The first-order valence-corrected chi connectivity index (χ1v) is 7.33. The van der Waals surface area contributed by atoms with Crippen LogP contribution >= 0.6 is 11.6 Å². The minimum Gasteiger partial charge on any atom is -0.399 e. The molecule has 0 saturated heterocycles. The molecule has 1 aromatic carbocycles. The zero-order chi connectivity index (χ0) is 15.2. The lowest BCUT2D eigenvalue weighted by Crippen LogP contribution is -2.24. The zero-order valence-electron chi connectivity index (χ0n) is 12.0. The van der Waals surface area contributed by atoms with E-state index in [1.807, 2.05) is 31.2 Å². The lowest BCUT2D eigenvalue weighted by atomic mass is 10.1. The van der Waals surface area contributed by atoms with E-state index in [4.69, 9.17) is 17.3 Å². The number of aromatic nitrogens is 2. The minimum atomic E-state index is -0.254. The zero-order valence-corrected chi connectivity index (χ0v) is 12.7. The van der Waals surface area contributed by atoms with Crippen LogP contribution in [0, 0.1) is 0 Å². The quantitative estimate of drug-likeness (QED) is 0.804. The van der Waals surface area contributed by atoms with Crippen LogP contribution in [0.25, 0.3) is 0 Å². The normalized spacial score (nSPS) is 10.6. The number of nitrogen functional groups attached to an aromatic ring is 1. The molecule has 0 unspecified atom stereocenters. The van der Waals surface area contributed by atoms with Crippen LogP contribution in [0.1, 0.15) is 18.9 Å². The lowest BCUT2D eigenvalue weighted by molar-refractivity contribution is 0.568. The van der Waals surface area contributed by atoms with Crippen LogP contribution < -0.4 is 16.6 Å². The highest BCUT2D eigenvalue weighted by atomic mass is 35.5. The molecule has 0 aliphatic heterocycles. The number of rotatable bonds is 6. The first kappa shape index (κ1) is 15.4. The number of benzene rings is 1. The minimum absolute atomic E-state index is 0.191. The summed E-state index contributed by atoms with van der Waals surface area (Å²) in [6.07, 6.45) is 3.25. The van der Waals surface area contributed by atoms with E-state index < -0.39 is 0 Å². The molecule has 6 heteroatoms. The van der Waals surface area contributed by atoms with Gasteiger partial charge in [0.25, 0.3) is 5.56 Å². The van der Waals surface area contributed by atoms with Gasteiger partial charge in [0.2, 0.25) is 0 Å². The van der Waals surface area contributed by atoms with Crippen LogP contribution in [0.5, 0.6) is 0 Å². The Balaban J connectivity index is 1.99. The van der Waals surface area contributed by atoms with Gasteiger partial charge in [-0.05, 0) is 30.5 Å². The lowest BCUT2D eigenvalue weighted by Gasteiger charge is -2.10. The molecule has 112 valence electrons. The van der Waals surface area contributed by atoms with Crippen LogP contribution in [-0.2, 0) is 13.0 Å². The molecule has 2 aromatic rings.